The van der Waals surface area contributed by atoms with Gasteiger partial charge in [0.05, 0.1) is 0 Å². The first kappa shape index (κ1) is 12.5. The minimum Gasteiger partial charge on any atom is -0.381 e. The molecule has 0 saturated heterocycles. The highest BCUT2D eigenvalue weighted by molar-refractivity contribution is 6.30. The van der Waals surface area contributed by atoms with Crippen molar-refractivity contribution in [2.45, 2.75) is 6.54 Å². The van der Waals surface area contributed by atoms with Gasteiger partial charge in [0.15, 0.2) is 0 Å². The highest BCUT2D eigenvalue weighted by Crippen LogP contribution is 2.16. The number of anilines is 1. The summed E-state index contributed by atoms with van der Waals surface area (Å²) >= 11 is 5.79. The normalized spacial score (nSPS) is 9.83. The summed E-state index contributed by atoms with van der Waals surface area (Å²) in [6, 6.07) is 11.9. The van der Waals surface area contributed by atoms with Crippen LogP contribution in [-0.2, 0) is 6.54 Å². The summed E-state index contributed by atoms with van der Waals surface area (Å²) in [4.78, 5) is 0. The van der Waals surface area contributed by atoms with Crippen molar-refractivity contribution in [2.75, 3.05) is 5.32 Å². The number of hydrogen-bond acceptors (Lipinski definition) is 1. The van der Waals surface area contributed by atoms with Crippen LogP contribution in [0.2, 0.25) is 5.02 Å². The summed E-state index contributed by atoms with van der Waals surface area (Å²) in [5.41, 5.74) is 2.48. The zero-order valence-corrected chi connectivity index (χ0v) is 10.3. The molecule has 0 heterocycles. The first-order valence-corrected chi connectivity index (χ1v) is 5.81. The molecule has 0 aliphatic rings. The van der Waals surface area contributed by atoms with Gasteiger partial charge in [-0.1, -0.05) is 23.6 Å². The van der Waals surface area contributed by atoms with Crippen LogP contribution in [0.15, 0.2) is 42.5 Å². The molecule has 0 fully saturated rings. The van der Waals surface area contributed by atoms with Crippen LogP contribution in [0.1, 0.15) is 11.1 Å². The van der Waals surface area contributed by atoms with Gasteiger partial charge in [-0.25, -0.2) is 4.39 Å². The van der Waals surface area contributed by atoms with E-state index in [1.807, 2.05) is 24.3 Å². The van der Waals surface area contributed by atoms with Crippen molar-refractivity contribution in [1.82, 2.24) is 0 Å². The molecule has 0 saturated carbocycles. The molecule has 0 radical (unpaired) electrons. The molecule has 0 bridgehead atoms. The molecule has 0 amide bonds. The lowest BCUT2D eigenvalue weighted by Crippen LogP contribution is -2.00. The van der Waals surface area contributed by atoms with Gasteiger partial charge in [0.25, 0.3) is 0 Å². The van der Waals surface area contributed by atoms with E-state index in [0.717, 1.165) is 16.8 Å². The Kier molecular flexibility index (Phi) is 3.86. The number of hydrogen-bond donors (Lipinski definition) is 1. The largest absolute Gasteiger partial charge is 0.381 e. The van der Waals surface area contributed by atoms with Crippen LogP contribution in [0, 0.1) is 18.2 Å². The van der Waals surface area contributed by atoms with Crippen LogP contribution in [0.4, 0.5) is 10.1 Å². The summed E-state index contributed by atoms with van der Waals surface area (Å²) in [6.45, 7) is 0.492. The van der Waals surface area contributed by atoms with Crippen LogP contribution < -0.4 is 5.32 Å². The Labute approximate surface area is 111 Å². The van der Waals surface area contributed by atoms with Crippen LogP contribution in [0.25, 0.3) is 0 Å². The van der Waals surface area contributed by atoms with E-state index < -0.39 is 0 Å². The minimum atomic E-state index is -0.336. The molecule has 18 heavy (non-hydrogen) atoms. The average molecular weight is 260 g/mol. The van der Waals surface area contributed by atoms with E-state index in [1.165, 1.54) is 12.1 Å². The molecule has 0 aliphatic heterocycles. The first-order valence-electron chi connectivity index (χ1n) is 5.43. The number of rotatable bonds is 3. The lowest BCUT2D eigenvalue weighted by molar-refractivity contribution is 0.626. The Morgan fingerprint density at radius 2 is 2.06 bits per heavy atom. The van der Waals surface area contributed by atoms with E-state index in [2.05, 4.69) is 11.2 Å². The summed E-state index contributed by atoms with van der Waals surface area (Å²) in [6.07, 6.45) is 5.32. The maximum atomic E-state index is 13.1. The summed E-state index contributed by atoms with van der Waals surface area (Å²) in [7, 11) is 0. The quantitative estimate of drug-likeness (QED) is 0.820. The molecule has 1 nitrogen and oxygen atoms in total. The lowest BCUT2D eigenvalue weighted by atomic mass is 10.2. The molecule has 2 aromatic rings. The van der Waals surface area contributed by atoms with E-state index >= 15 is 0 Å². The van der Waals surface area contributed by atoms with Gasteiger partial charge in [-0.3, -0.25) is 0 Å². The molecule has 2 aromatic carbocycles. The van der Waals surface area contributed by atoms with E-state index in [-0.39, 0.29) is 5.82 Å². The smallest absolute Gasteiger partial charge is 0.125 e. The number of nitrogens with one attached hydrogen (secondary N) is 1. The molecule has 0 aromatic heterocycles. The van der Waals surface area contributed by atoms with Gasteiger partial charge in [0.1, 0.15) is 5.82 Å². The third kappa shape index (κ3) is 3.26. The standard InChI is InChI=1S/C15H11ClFN/c1-2-11-4-3-5-15(8-11)18-10-12-6-13(16)9-14(17)7-12/h1,3-9,18H,10H2. The number of halogens is 2. The van der Waals surface area contributed by atoms with Gasteiger partial charge in [0, 0.05) is 22.8 Å². The SMILES string of the molecule is C#Cc1cccc(NCc2cc(F)cc(Cl)c2)c1. The van der Waals surface area contributed by atoms with Crippen molar-refractivity contribution < 1.29 is 4.39 Å². The lowest BCUT2D eigenvalue weighted by Gasteiger charge is -2.07. The highest BCUT2D eigenvalue weighted by Gasteiger charge is 2.00. The van der Waals surface area contributed by atoms with Crippen molar-refractivity contribution in [3.63, 3.8) is 0 Å². The Hall–Kier alpha value is -1.98. The maximum Gasteiger partial charge on any atom is 0.125 e. The van der Waals surface area contributed by atoms with E-state index in [9.17, 15) is 4.39 Å². The monoisotopic (exact) mass is 259 g/mol. The second-order valence-electron chi connectivity index (χ2n) is 3.86. The molecule has 90 valence electrons. The Bertz CT molecular complexity index is 581. The van der Waals surface area contributed by atoms with Crippen molar-refractivity contribution in [1.29, 1.82) is 0 Å². The molecule has 3 heteroatoms. The van der Waals surface area contributed by atoms with E-state index in [0.29, 0.717) is 11.6 Å². The predicted molar refractivity (Wildman–Crippen MR) is 73.1 cm³/mol. The van der Waals surface area contributed by atoms with Crippen molar-refractivity contribution in [3.05, 3.63) is 64.4 Å². The fourth-order valence-electron chi connectivity index (χ4n) is 1.64. The maximum absolute atomic E-state index is 13.1. The van der Waals surface area contributed by atoms with Gasteiger partial charge < -0.3 is 5.32 Å². The second-order valence-corrected chi connectivity index (χ2v) is 4.29. The zero-order chi connectivity index (χ0) is 13.0. The predicted octanol–water partition coefficient (Wildman–Crippen LogP) is 4.07. The molecule has 0 unspecified atom stereocenters. The van der Waals surface area contributed by atoms with E-state index in [1.54, 1.807) is 6.07 Å². The summed E-state index contributed by atoms with van der Waals surface area (Å²) in [5, 5.41) is 3.56. The van der Waals surface area contributed by atoms with Gasteiger partial charge >= 0.3 is 0 Å². The third-order valence-corrected chi connectivity index (χ3v) is 2.67. The fraction of sp³-hybridized carbons (Fsp3) is 0.0667. The Balaban J connectivity index is 2.09. The molecule has 0 spiro atoms. The molecule has 0 atom stereocenters. The first-order chi connectivity index (χ1) is 8.67. The van der Waals surface area contributed by atoms with Crippen LogP contribution in [-0.4, -0.2) is 0 Å². The van der Waals surface area contributed by atoms with Gasteiger partial charge in [-0.2, -0.15) is 0 Å². The highest BCUT2D eigenvalue weighted by atomic mass is 35.5. The summed E-state index contributed by atoms with van der Waals surface area (Å²) in [5.74, 6) is 2.23. The topological polar surface area (TPSA) is 12.0 Å². The van der Waals surface area contributed by atoms with Crippen molar-refractivity contribution in [2.24, 2.45) is 0 Å². The zero-order valence-electron chi connectivity index (χ0n) is 9.58. The van der Waals surface area contributed by atoms with Crippen LogP contribution in [0.3, 0.4) is 0 Å². The molecular formula is C15H11ClFN. The van der Waals surface area contributed by atoms with Crippen LogP contribution in [0.5, 0.6) is 0 Å². The average Bonchev–Trinajstić information content (AvgIpc) is 2.35. The second kappa shape index (κ2) is 5.57. The minimum absolute atomic E-state index is 0.336. The molecule has 0 aliphatic carbocycles. The third-order valence-electron chi connectivity index (χ3n) is 2.45. The van der Waals surface area contributed by atoms with Crippen molar-refractivity contribution >= 4 is 17.3 Å². The van der Waals surface area contributed by atoms with Crippen LogP contribution >= 0.6 is 11.6 Å². The number of benzene rings is 2. The van der Waals surface area contributed by atoms with Crippen molar-refractivity contribution in [3.8, 4) is 12.3 Å². The Morgan fingerprint density at radius 3 is 2.78 bits per heavy atom. The number of terminal acetylenes is 1. The fourth-order valence-corrected chi connectivity index (χ4v) is 1.88. The molecule has 1 N–H and O–H groups in total. The molecule has 2 rings (SSSR count). The summed E-state index contributed by atoms with van der Waals surface area (Å²) < 4.78 is 13.1. The van der Waals surface area contributed by atoms with Gasteiger partial charge in [0.2, 0.25) is 0 Å². The molecular weight excluding hydrogens is 249 g/mol. The Morgan fingerprint density at radius 1 is 1.22 bits per heavy atom. The van der Waals surface area contributed by atoms with Gasteiger partial charge in [-0.15, -0.1) is 6.42 Å². The van der Waals surface area contributed by atoms with E-state index in [4.69, 9.17) is 18.0 Å². The van der Waals surface area contributed by atoms with Gasteiger partial charge in [-0.05, 0) is 42.0 Å².